The van der Waals surface area contributed by atoms with E-state index in [2.05, 4.69) is 33.2 Å². The van der Waals surface area contributed by atoms with E-state index in [4.69, 9.17) is 4.74 Å². The number of alkyl carbamates (subject to hydrolysis) is 1. The van der Waals surface area contributed by atoms with Crippen LogP contribution in [0.25, 0.3) is 0 Å². The van der Waals surface area contributed by atoms with Gasteiger partial charge in [0.25, 0.3) is 0 Å². The molecule has 1 aromatic rings. The Balaban J connectivity index is 2.74. The molecular formula is C15H21IN2O3. The Bertz CT molecular complexity index is 495. The molecular weight excluding hydrogens is 383 g/mol. The van der Waals surface area contributed by atoms with Gasteiger partial charge >= 0.3 is 6.09 Å². The molecule has 6 heteroatoms. The quantitative estimate of drug-likeness (QED) is 0.758. The van der Waals surface area contributed by atoms with Crippen molar-refractivity contribution in [1.82, 2.24) is 10.6 Å². The van der Waals surface area contributed by atoms with Gasteiger partial charge in [0.1, 0.15) is 11.6 Å². The number of likely N-dealkylation sites (N-methyl/N-ethyl adjacent to an activating group) is 1. The number of rotatable bonds is 4. The van der Waals surface area contributed by atoms with Crippen molar-refractivity contribution >= 4 is 34.6 Å². The zero-order valence-corrected chi connectivity index (χ0v) is 14.9. The molecule has 0 bridgehead atoms. The van der Waals surface area contributed by atoms with Crippen LogP contribution in [0.3, 0.4) is 0 Å². The standard InChI is InChI=1S/C15H21IN2O3/c1-15(2,3)21-14(20)18-12(13(19)17-4)9-10-5-7-11(16)8-6-10/h5-8,12H,9H2,1-4H3,(H,17,19)(H,18,20). The molecule has 0 aliphatic rings. The molecule has 0 aliphatic heterocycles. The molecule has 0 spiro atoms. The summed E-state index contributed by atoms with van der Waals surface area (Å²) in [6.07, 6.45) is -0.183. The van der Waals surface area contributed by atoms with Gasteiger partial charge in [-0.05, 0) is 61.1 Å². The summed E-state index contributed by atoms with van der Waals surface area (Å²) in [5, 5.41) is 5.17. The van der Waals surface area contributed by atoms with Crippen molar-refractivity contribution in [3.63, 3.8) is 0 Å². The smallest absolute Gasteiger partial charge is 0.408 e. The average Bonchev–Trinajstić information content (AvgIpc) is 2.37. The average molecular weight is 404 g/mol. The maximum absolute atomic E-state index is 11.9. The summed E-state index contributed by atoms with van der Waals surface area (Å²) in [6.45, 7) is 5.34. The first-order valence-electron chi connectivity index (χ1n) is 6.67. The number of amides is 2. The first kappa shape index (κ1) is 17.7. The zero-order valence-electron chi connectivity index (χ0n) is 12.7. The van der Waals surface area contributed by atoms with Crippen LogP contribution in [-0.4, -0.2) is 30.7 Å². The van der Waals surface area contributed by atoms with Crippen molar-refractivity contribution in [2.45, 2.75) is 38.8 Å². The Hall–Kier alpha value is -1.31. The van der Waals surface area contributed by atoms with E-state index >= 15 is 0 Å². The molecule has 116 valence electrons. The van der Waals surface area contributed by atoms with Crippen LogP contribution in [0, 0.1) is 3.57 Å². The summed E-state index contributed by atoms with van der Waals surface area (Å²) in [7, 11) is 1.54. The Morgan fingerprint density at radius 2 is 1.81 bits per heavy atom. The predicted octanol–water partition coefficient (Wildman–Crippen LogP) is 2.47. The highest BCUT2D eigenvalue weighted by Gasteiger charge is 2.23. The Morgan fingerprint density at radius 3 is 2.29 bits per heavy atom. The molecule has 2 N–H and O–H groups in total. The van der Waals surface area contributed by atoms with Crippen molar-refractivity contribution in [3.05, 3.63) is 33.4 Å². The number of carbonyl (C=O) groups is 2. The van der Waals surface area contributed by atoms with E-state index in [0.29, 0.717) is 6.42 Å². The van der Waals surface area contributed by atoms with E-state index in [9.17, 15) is 9.59 Å². The molecule has 0 saturated carbocycles. The van der Waals surface area contributed by atoms with Crippen LogP contribution in [-0.2, 0) is 16.0 Å². The number of halogens is 1. The molecule has 0 aromatic heterocycles. The van der Waals surface area contributed by atoms with Gasteiger partial charge in [-0.3, -0.25) is 4.79 Å². The summed E-state index contributed by atoms with van der Waals surface area (Å²) in [4.78, 5) is 23.7. The molecule has 0 aliphatic carbocycles. The van der Waals surface area contributed by atoms with Crippen LogP contribution >= 0.6 is 22.6 Å². The van der Waals surface area contributed by atoms with Gasteiger partial charge in [0.15, 0.2) is 0 Å². The number of ether oxygens (including phenoxy) is 1. The van der Waals surface area contributed by atoms with E-state index < -0.39 is 17.7 Å². The van der Waals surface area contributed by atoms with Gasteiger partial charge in [0, 0.05) is 17.0 Å². The summed E-state index contributed by atoms with van der Waals surface area (Å²) in [6, 6.07) is 7.14. The molecule has 1 unspecified atom stereocenters. The normalized spacial score (nSPS) is 12.4. The van der Waals surface area contributed by atoms with Crippen LogP contribution < -0.4 is 10.6 Å². The molecule has 0 fully saturated rings. The lowest BCUT2D eigenvalue weighted by atomic mass is 10.1. The monoisotopic (exact) mass is 404 g/mol. The summed E-state index contributed by atoms with van der Waals surface area (Å²) in [5.74, 6) is -0.251. The van der Waals surface area contributed by atoms with E-state index in [-0.39, 0.29) is 5.91 Å². The predicted molar refractivity (Wildman–Crippen MR) is 90.1 cm³/mol. The second-order valence-electron chi connectivity index (χ2n) is 5.64. The molecule has 21 heavy (non-hydrogen) atoms. The van der Waals surface area contributed by atoms with Crippen LogP contribution in [0.15, 0.2) is 24.3 Å². The Labute approximate surface area is 139 Å². The first-order chi connectivity index (χ1) is 9.71. The maximum Gasteiger partial charge on any atom is 0.408 e. The molecule has 2 amide bonds. The van der Waals surface area contributed by atoms with Crippen molar-refractivity contribution in [2.24, 2.45) is 0 Å². The number of hydrogen-bond acceptors (Lipinski definition) is 3. The first-order valence-corrected chi connectivity index (χ1v) is 7.74. The third kappa shape index (κ3) is 6.79. The third-order valence-corrected chi connectivity index (χ3v) is 3.33. The van der Waals surface area contributed by atoms with Crippen molar-refractivity contribution in [1.29, 1.82) is 0 Å². The Morgan fingerprint density at radius 1 is 1.24 bits per heavy atom. The zero-order chi connectivity index (χ0) is 16.0. The number of nitrogens with one attached hydrogen (secondary N) is 2. The van der Waals surface area contributed by atoms with Gasteiger partial charge in [0.05, 0.1) is 0 Å². The second-order valence-corrected chi connectivity index (χ2v) is 6.89. The molecule has 5 nitrogen and oxygen atoms in total. The van der Waals surface area contributed by atoms with E-state index in [0.717, 1.165) is 9.13 Å². The fraction of sp³-hybridized carbons (Fsp3) is 0.467. The number of hydrogen-bond donors (Lipinski definition) is 2. The lowest BCUT2D eigenvalue weighted by Gasteiger charge is -2.23. The van der Waals surface area contributed by atoms with Gasteiger partial charge in [-0.2, -0.15) is 0 Å². The minimum Gasteiger partial charge on any atom is -0.444 e. The van der Waals surface area contributed by atoms with Gasteiger partial charge < -0.3 is 15.4 Å². The largest absolute Gasteiger partial charge is 0.444 e. The maximum atomic E-state index is 11.9. The number of benzene rings is 1. The van der Waals surface area contributed by atoms with Crippen LogP contribution in [0.4, 0.5) is 4.79 Å². The second kappa shape index (κ2) is 7.63. The summed E-state index contributed by atoms with van der Waals surface area (Å²) < 4.78 is 6.31. The third-order valence-electron chi connectivity index (χ3n) is 2.61. The minimum absolute atomic E-state index is 0.251. The lowest BCUT2D eigenvalue weighted by molar-refractivity contribution is -0.122. The fourth-order valence-corrected chi connectivity index (χ4v) is 2.05. The van der Waals surface area contributed by atoms with Crippen molar-refractivity contribution < 1.29 is 14.3 Å². The van der Waals surface area contributed by atoms with Crippen LogP contribution in [0.5, 0.6) is 0 Å². The molecule has 0 saturated heterocycles. The molecule has 0 heterocycles. The van der Waals surface area contributed by atoms with Crippen molar-refractivity contribution in [2.75, 3.05) is 7.05 Å². The Kier molecular flexibility index (Phi) is 6.44. The van der Waals surface area contributed by atoms with Gasteiger partial charge in [-0.1, -0.05) is 12.1 Å². The van der Waals surface area contributed by atoms with E-state index in [1.54, 1.807) is 27.8 Å². The van der Waals surface area contributed by atoms with Gasteiger partial charge in [0.2, 0.25) is 5.91 Å². The van der Waals surface area contributed by atoms with Gasteiger partial charge in [-0.25, -0.2) is 4.79 Å². The summed E-state index contributed by atoms with van der Waals surface area (Å²) in [5.41, 5.74) is 0.375. The topological polar surface area (TPSA) is 67.4 Å². The molecule has 1 aromatic carbocycles. The van der Waals surface area contributed by atoms with Crippen LogP contribution in [0.1, 0.15) is 26.3 Å². The SMILES string of the molecule is CNC(=O)C(Cc1ccc(I)cc1)NC(=O)OC(C)(C)C. The lowest BCUT2D eigenvalue weighted by Crippen LogP contribution is -2.48. The molecule has 1 atom stereocenters. The summed E-state index contributed by atoms with van der Waals surface area (Å²) >= 11 is 2.22. The van der Waals surface area contributed by atoms with Crippen molar-refractivity contribution in [3.8, 4) is 0 Å². The molecule has 0 radical (unpaired) electrons. The minimum atomic E-state index is -0.662. The highest BCUT2D eigenvalue weighted by Crippen LogP contribution is 2.10. The highest BCUT2D eigenvalue weighted by atomic mass is 127. The highest BCUT2D eigenvalue weighted by molar-refractivity contribution is 14.1. The van der Waals surface area contributed by atoms with E-state index in [1.165, 1.54) is 0 Å². The molecule has 1 rings (SSSR count). The van der Waals surface area contributed by atoms with E-state index in [1.807, 2.05) is 24.3 Å². The van der Waals surface area contributed by atoms with Crippen LogP contribution in [0.2, 0.25) is 0 Å². The van der Waals surface area contributed by atoms with Gasteiger partial charge in [-0.15, -0.1) is 0 Å². The number of carbonyl (C=O) groups excluding carboxylic acids is 2. The fourth-order valence-electron chi connectivity index (χ4n) is 1.69.